The van der Waals surface area contributed by atoms with E-state index in [0.717, 1.165) is 33.4 Å². The van der Waals surface area contributed by atoms with Gasteiger partial charge in [-0.1, -0.05) is 72.8 Å². The summed E-state index contributed by atoms with van der Waals surface area (Å²) < 4.78 is 22.3. The zero-order valence-corrected chi connectivity index (χ0v) is 21.6. The second-order valence-electron chi connectivity index (χ2n) is 9.22. The van der Waals surface area contributed by atoms with Crippen LogP contribution in [-0.2, 0) is 25.4 Å². The zero-order valence-electron chi connectivity index (χ0n) is 21.6. The predicted octanol–water partition coefficient (Wildman–Crippen LogP) is 5.77. The molecule has 0 spiro atoms. The van der Waals surface area contributed by atoms with Gasteiger partial charge < -0.3 is 29.1 Å². The average Bonchev–Trinajstić information content (AvgIpc) is 3.55. The zero-order chi connectivity index (χ0) is 27.4. The Morgan fingerprint density at radius 3 is 2.05 bits per heavy atom. The Balaban J connectivity index is 1.25. The van der Waals surface area contributed by atoms with E-state index in [4.69, 9.17) is 18.6 Å². The molecule has 1 aromatic heterocycles. The van der Waals surface area contributed by atoms with Gasteiger partial charge in [-0.05, 0) is 34.4 Å². The lowest BCUT2D eigenvalue weighted by molar-refractivity contribution is -0.139. The Hall–Kier alpha value is -4.40. The molecule has 0 saturated carbocycles. The highest BCUT2D eigenvalue weighted by molar-refractivity contribution is 5.81. The van der Waals surface area contributed by atoms with E-state index in [-0.39, 0.29) is 18.9 Å². The van der Waals surface area contributed by atoms with Crippen molar-refractivity contribution < 1.29 is 33.3 Å². The van der Waals surface area contributed by atoms with Crippen molar-refractivity contribution in [2.45, 2.75) is 24.7 Å². The van der Waals surface area contributed by atoms with E-state index in [1.54, 1.807) is 26.4 Å². The number of fused-ring (bicyclic) bond motifs is 3. The molecule has 3 aromatic carbocycles. The molecular weight excluding hydrogens is 498 g/mol. The summed E-state index contributed by atoms with van der Waals surface area (Å²) in [6.45, 7) is 0.0913. The number of hydrogen-bond donors (Lipinski definition) is 2. The van der Waals surface area contributed by atoms with Crippen LogP contribution in [0.5, 0.6) is 0 Å². The van der Waals surface area contributed by atoms with Gasteiger partial charge in [0, 0.05) is 37.7 Å². The topological polar surface area (TPSA) is 107 Å². The Morgan fingerprint density at radius 2 is 1.44 bits per heavy atom. The summed E-state index contributed by atoms with van der Waals surface area (Å²) >= 11 is 0. The minimum absolute atomic E-state index is 0.0559. The quantitative estimate of drug-likeness (QED) is 0.252. The molecule has 0 fully saturated rings. The molecule has 1 aliphatic carbocycles. The molecule has 8 heteroatoms. The molecule has 0 radical (unpaired) electrons. The van der Waals surface area contributed by atoms with Crippen molar-refractivity contribution in [3.8, 4) is 22.5 Å². The van der Waals surface area contributed by atoms with Gasteiger partial charge in [-0.3, -0.25) is 0 Å². The fourth-order valence-corrected chi connectivity index (χ4v) is 5.09. The van der Waals surface area contributed by atoms with Crippen LogP contribution >= 0.6 is 0 Å². The third kappa shape index (κ3) is 5.43. The third-order valence-corrected chi connectivity index (χ3v) is 6.91. The lowest BCUT2D eigenvalue weighted by Gasteiger charge is -2.17. The number of carboxylic acid groups (broad SMARTS) is 1. The first-order valence-corrected chi connectivity index (χ1v) is 12.6. The Kier molecular flexibility index (Phi) is 7.76. The Bertz CT molecular complexity index is 1430. The van der Waals surface area contributed by atoms with Gasteiger partial charge in [0.15, 0.2) is 6.29 Å². The smallest absolute Gasteiger partial charge is 0.407 e. The molecule has 1 atom stereocenters. The number of hydrogen-bond acceptors (Lipinski definition) is 6. The molecule has 1 aliphatic rings. The summed E-state index contributed by atoms with van der Waals surface area (Å²) in [5.41, 5.74) is 5.91. The van der Waals surface area contributed by atoms with Gasteiger partial charge in [0.2, 0.25) is 0 Å². The van der Waals surface area contributed by atoms with Crippen molar-refractivity contribution in [3.05, 3.63) is 107 Å². The van der Waals surface area contributed by atoms with Gasteiger partial charge in [0.25, 0.3) is 0 Å². The average molecular weight is 528 g/mol. The van der Waals surface area contributed by atoms with Gasteiger partial charge >= 0.3 is 12.1 Å². The standard InChI is InChI=1S/C31H29NO7/c1-36-30(37-2)25-14-8-7-13-24(25)28-16-15-19(39-28)17-27(29(33)34)32-31(35)38-18-26-22-11-5-3-9-20(22)21-10-4-6-12-23(21)26/h3-16,26-27,30H,17-18H2,1-2H3,(H,32,35)(H,33,34). The summed E-state index contributed by atoms with van der Waals surface area (Å²) in [5.74, 6) is -0.384. The molecule has 5 rings (SSSR count). The molecule has 0 bridgehead atoms. The van der Waals surface area contributed by atoms with E-state index in [2.05, 4.69) is 17.4 Å². The van der Waals surface area contributed by atoms with Gasteiger partial charge in [-0.25, -0.2) is 9.59 Å². The van der Waals surface area contributed by atoms with E-state index in [1.165, 1.54) is 0 Å². The number of aliphatic carboxylic acids is 1. The molecular formula is C31H29NO7. The molecule has 1 unspecified atom stereocenters. The summed E-state index contributed by atoms with van der Waals surface area (Å²) in [7, 11) is 3.09. The lowest BCUT2D eigenvalue weighted by Crippen LogP contribution is -2.42. The Morgan fingerprint density at radius 1 is 0.846 bits per heavy atom. The van der Waals surface area contributed by atoms with Crippen LogP contribution in [0, 0.1) is 0 Å². The molecule has 8 nitrogen and oxygen atoms in total. The van der Waals surface area contributed by atoms with E-state index >= 15 is 0 Å². The van der Waals surface area contributed by atoms with Crippen LogP contribution in [0.1, 0.15) is 34.7 Å². The summed E-state index contributed by atoms with van der Waals surface area (Å²) in [4.78, 5) is 24.7. The molecule has 0 aliphatic heterocycles. The van der Waals surface area contributed by atoms with Crippen LogP contribution in [-0.4, -0.2) is 44.0 Å². The molecule has 200 valence electrons. The number of rotatable bonds is 10. The fraction of sp³-hybridized carbons (Fsp3) is 0.226. The number of benzene rings is 3. The number of alkyl carbamates (subject to hydrolysis) is 1. The van der Waals surface area contributed by atoms with Gasteiger partial charge in [0.1, 0.15) is 24.2 Å². The normalized spacial score (nSPS) is 13.1. The van der Waals surface area contributed by atoms with Crippen molar-refractivity contribution in [1.29, 1.82) is 0 Å². The van der Waals surface area contributed by atoms with E-state index in [0.29, 0.717) is 11.5 Å². The van der Waals surface area contributed by atoms with Crippen LogP contribution < -0.4 is 5.32 Å². The summed E-state index contributed by atoms with van der Waals surface area (Å²) in [5, 5.41) is 12.3. The van der Waals surface area contributed by atoms with Crippen molar-refractivity contribution in [1.82, 2.24) is 5.32 Å². The van der Waals surface area contributed by atoms with Crippen molar-refractivity contribution >= 4 is 12.1 Å². The maximum atomic E-state index is 12.7. The summed E-state index contributed by atoms with van der Waals surface area (Å²) in [6, 6.07) is 25.7. The minimum Gasteiger partial charge on any atom is -0.480 e. The van der Waals surface area contributed by atoms with Crippen LogP contribution in [0.2, 0.25) is 0 Å². The molecule has 0 saturated heterocycles. The van der Waals surface area contributed by atoms with Crippen molar-refractivity contribution in [2.24, 2.45) is 0 Å². The van der Waals surface area contributed by atoms with Crippen molar-refractivity contribution in [2.75, 3.05) is 20.8 Å². The SMILES string of the molecule is COC(OC)c1ccccc1-c1ccc(CC(NC(=O)OCC2c3ccccc3-c3ccccc32)C(=O)O)o1. The fourth-order valence-electron chi connectivity index (χ4n) is 5.09. The molecule has 1 heterocycles. The highest BCUT2D eigenvalue weighted by atomic mass is 16.7. The number of furan rings is 1. The van der Waals surface area contributed by atoms with Crippen LogP contribution in [0.4, 0.5) is 4.79 Å². The largest absolute Gasteiger partial charge is 0.480 e. The predicted molar refractivity (Wildman–Crippen MR) is 144 cm³/mol. The monoisotopic (exact) mass is 527 g/mol. The number of carbonyl (C=O) groups excluding carboxylic acids is 1. The number of carbonyl (C=O) groups is 2. The van der Waals surface area contributed by atoms with E-state index < -0.39 is 24.4 Å². The van der Waals surface area contributed by atoms with Gasteiger partial charge in [0.05, 0.1) is 0 Å². The molecule has 1 amide bonds. The molecule has 39 heavy (non-hydrogen) atoms. The first-order chi connectivity index (χ1) is 19.0. The molecule has 2 N–H and O–H groups in total. The van der Waals surface area contributed by atoms with Crippen LogP contribution in [0.25, 0.3) is 22.5 Å². The summed E-state index contributed by atoms with van der Waals surface area (Å²) in [6.07, 6.45) is -1.44. The second kappa shape index (κ2) is 11.6. The number of nitrogens with one attached hydrogen (secondary N) is 1. The van der Waals surface area contributed by atoms with Crippen LogP contribution in [0.15, 0.2) is 89.3 Å². The number of amides is 1. The lowest BCUT2D eigenvalue weighted by atomic mass is 9.98. The second-order valence-corrected chi connectivity index (χ2v) is 9.22. The first-order valence-electron chi connectivity index (χ1n) is 12.6. The van der Waals surface area contributed by atoms with Gasteiger partial charge in [-0.15, -0.1) is 0 Å². The Labute approximate surface area is 226 Å². The maximum absolute atomic E-state index is 12.7. The van der Waals surface area contributed by atoms with Crippen molar-refractivity contribution in [3.63, 3.8) is 0 Å². The highest BCUT2D eigenvalue weighted by Gasteiger charge is 2.30. The minimum atomic E-state index is -1.24. The first kappa shape index (κ1) is 26.2. The highest BCUT2D eigenvalue weighted by Crippen LogP contribution is 2.44. The molecule has 4 aromatic rings. The van der Waals surface area contributed by atoms with Crippen LogP contribution in [0.3, 0.4) is 0 Å². The maximum Gasteiger partial charge on any atom is 0.407 e. The van der Waals surface area contributed by atoms with E-state index in [9.17, 15) is 14.7 Å². The number of carboxylic acids is 1. The number of methoxy groups -OCH3 is 2. The number of ether oxygens (including phenoxy) is 3. The van der Waals surface area contributed by atoms with Gasteiger partial charge in [-0.2, -0.15) is 0 Å². The third-order valence-electron chi connectivity index (χ3n) is 6.91. The van der Waals surface area contributed by atoms with E-state index in [1.807, 2.05) is 60.7 Å².